The highest BCUT2D eigenvalue weighted by Gasteiger charge is 2.33. The molecule has 0 aromatic heterocycles. The van der Waals surface area contributed by atoms with E-state index in [1.54, 1.807) is 19.9 Å². The SMILES string of the molecule is CC(C)NC[C@@H](C(=O)C(C)C)c1ccc(Cl)c(OC(F)(F)F)c1. The molecular formula is C16H21ClF3NO2. The van der Waals surface area contributed by atoms with Gasteiger partial charge in [0.05, 0.1) is 10.9 Å². The molecule has 1 atom stereocenters. The van der Waals surface area contributed by atoms with E-state index >= 15 is 0 Å². The lowest BCUT2D eigenvalue weighted by Gasteiger charge is -2.21. The first-order chi connectivity index (χ1) is 10.5. The first-order valence-corrected chi connectivity index (χ1v) is 7.71. The third kappa shape index (κ3) is 6.39. The van der Waals surface area contributed by atoms with Gasteiger partial charge in [-0.2, -0.15) is 0 Å². The maximum atomic E-state index is 12.4. The molecule has 1 N–H and O–H groups in total. The maximum Gasteiger partial charge on any atom is 0.573 e. The Bertz CT molecular complexity index is 545. The summed E-state index contributed by atoms with van der Waals surface area (Å²) in [4.78, 5) is 12.4. The van der Waals surface area contributed by atoms with Crippen LogP contribution in [0.1, 0.15) is 39.2 Å². The number of ketones is 1. The van der Waals surface area contributed by atoms with E-state index in [9.17, 15) is 18.0 Å². The molecule has 3 nitrogen and oxygen atoms in total. The van der Waals surface area contributed by atoms with E-state index in [0.29, 0.717) is 12.1 Å². The average molecular weight is 352 g/mol. The molecular weight excluding hydrogens is 331 g/mol. The molecule has 0 amide bonds. The van der Waals surface area contributed by atoms with Crippen LogP contribution in [0.4, 0.5) is 13.2 Å². The largest absolute Gasteiger partial charge is 0.573 e. The number of hydrogen-bond donors (Lipinski definition) is 1. The summed E-state index contributed by atoms with van der Waals surface area (Å²) in [7, 11) is 0. The Morgan fingerprint density at radius 2 is 1.87 bits per heavy atom. The number of Topliss-reactive ketones (excluding diaryl/α,β-unsaturated/α-hetero) is 1. The van der Waals surface area contributed by atoms with Crippen molar-refractivity contribution in [2.24, 2.45) is 5.92 Å². The van der Waals surface area contributed by atoms with Gasteiger partial charge in [-0.05, 0) is 17.7 Å². The van der Waals surface area contributed by atoms with E-state index in [0.717, 1.165) is 0 Å². The van der Waals surface area contributed by atoms with E-state index in [2.05, 4.69) is 10.1 Å². The number of benzene rings is 1. The predicted octanol–water partition coefficient (Wildman–Crippen LogP) is 4.55. The summed E-state index contributed by atoms with van der Waals surface area (Å²) in [5.41, 5.74) is 0.445. The summed E-state index contributed by atoms with van der Waals surface area (Å²) in [6, 6.07) is 4.20. The number of nitrogens with one attached hydrogen (secondary N) is 1. The zero-order valence-corrected chi connectivity index (χ0v) is 14.3. The lowest BCUT2D eigenvalue weighted by Crippen LogP contribution is -2.33. The molecule has 0 aliphatic rings. The zero-order chi connectivity index (χ0) is 17.8. The van der Waals surface area contributed by atoms with Crippen LogP contribution in [0, 0.1) is 5.92 Å². The monoisotopic (exact) mass is 351 g/mol. The summed E-state index contributed by atoms with van der Waals surface area (Å²) in [6.07, 6.45) is -4.84. The van der Waals surface area contributed by atoms with E-state index < -0.39 is 18.0 Å². The Morgan fingerprint density at radius 3 is 2.35 bits per heavy atom. The molecule has 1 aromatic carbocycles. The van der Waals surface area contributed by atoms with Crippen molar-refractivity contribution < 1.29 is 22.7 Å². The summed E-state index contributed by atoms with van der Waals surface area (Å²) in [5, 5.41) is 2.99. The van der Waals surface area contributed by atoms with Crippen molar-refractivity contribution in [3.63, 3.8) is 0 Å². The summed E-state index contributed by atoms with van der Waals surface area (Å²) >= 11 is 5.75. The minimum absolute atomic E-state index is 0.0570. The van der Waals surface area contributed by atoms with E-state index in [-0.39, 0.29) is 22.8 Å². The molecule has 0 spiro atoms. The van der Waals surface area contributed by atoms with Gasteiger partial charge in [-0.25, -0.2) is 0 Å². The third-order valence-electron chi connectivity index (χ3n) is 3.23. The minimum Gasteiger partial charge on any atom is -0.404 e. The van der Waals surface area contributed by atoms with Crippen LogP contribution in [0.3, 0.4) is 0 Å². The first-order valence-electron chi connectivity index (χ1n) is 7.33. The summed E-state index contributed by atoms with van der Waals surface area (Å²) < 4.78 is 41.2. The first kappa shape index (κ1) is 19.8. The number of rotatable bonds is 7. The van der Waals surface area contributed by atoms with E-state index in [4.69, 9.17) is 11.6 Å². The van der Waals surface area contributed by atoms with Crippen LogP contribution in [0.25, 0.3) is 0 Å². The molecule has 0 fully saturated rings. The maximum absolute atomic E-state index is 12.4. The second-order valence-electron chi connectivity index (χ2n) is 5.91. The van der Waals surface area contributed by atoms with Gasteiger partial charge in [0.15, 0.2) is 0 Å². The summed E-state index contributed by atoms with van der Waals surface area (Å²) in [6.45, 7) is 7.71. The normalized spacial score (nSPS) is 13.5. The molecule has 23 heavy (non-hydrogen) atoms. The zero-order valence-electron chi connectivity index (χ0n) is 13.5. The van der Waals surface area contributed by atoms with Crippen molar-refractivity contribution >= 4 is 17.4 Å². The lowest BCUT2D eigenvalue weighted by molar-refractivity contribution is -0.274. The standard InChI is InChI=1S/C16H21ClF3NO2/c1-9(2)15(22)12(8-21-10(3)4)11-5-6-13(17)14(7-11)23-16(18,19)20/h5-7,9-10,12,21H,8H2,1-4H3/t12-/m1/s1. The smallest absolute Gasteiger partial charge is 0.404 e. The molecule has 0 heterocycles. The molecule has 130 valence electrons. The van der Waals surface area contributed by atoms with Crippen LogP contribution < -0.4 is 10.1 Å². The van der Waals surface area contributed by atoms with Gasteiger partial charge in [-0.15, -0.1) is 13.2 Å². The van der Waals surface area contributed by atoms with E-state index in [1.807, 2.05) is 13.8 Å². The molecule has 0 radical (unpaired) electrons. The predicted molar refractivity (Wildman–Crippen MR) is 83.9 cm³/mol. The average Bonchev–Trinajstić information content (AvgIpc) is 2.40. The molecule has 0 bridgehead atoms. The van der Waals surface area contributed by atoms with Crippen LogP contribution in [0.5, 0.6) is 5.75 Å². The fourth-order valence-corrected chi connectivity index (χ4v) is 2.23. The lowest BCUT2D eigenvalue weighted by atomic mass is 9.88. The second kappa shape index (κ2) is 8.02. The molecule has 0 saturated carbocycles. The third-order valence-corrected chi connectivity index (χ3v) is 3.54. The number of hydrogen-bond acceptors (Lipinski definition) is 3. The highest BCUT2D eigenvalue weighted by molar-refractivity contribution is 6.32. The van der Waals surface area contributed by atoms with Crippen LogP contribution in [-0.4, -0.2) is 24.7 Å². The molecule has 1 rings (SSSR count). The van der Waals surface area contributed by atoms with Crippen molar-refractivity contribution in [2.75, 3.05) is 6.54 Å². The number of alkyl halides is 3. The van der Waals surface area contributed by atoms with Crippen LogP contribution in [-0.2, 0) is 4.79 Å². The van der Waals surface area contributed by atoms with Crippen LogP contribution >= 0.6 is 11.6 Å². The molecule has 7 heteroatoms. The quantitative estimate of drug-likeness (QED) is 0.783. The summed E-state index contributed by atoms with van der Waals surface area (Å²) in [5.74, 6) is -1.36. The molecule has 0 aliphatic heterocycles. The topological polar surface area (TPSA) is 38.3 Å². The number of ether oxygens (including phenoxy) is 1. The fraction of sp³-hybridized carbons (Fsp3) is 0.562. The van der Waals surface area contributed by atoms with Crippen LogP contribution in [0.15, 0.2) is 18.2 Å². The fourth-order valence-electron chi connectivity index (χ4n) is 2.08. The Labute approximate surface area is 139 Å². The number of carbonyl (C=O) groups excluding carboxylic acids is 1. The van der Waals surface area contributed by atoms with Gasteiger partial charge in [0.1, 0.15) is 11.5 Å². The molecule has 0 unspecified atom stereocenters. The van der Waals surface area contributed by atoms with Gasteiger partial charge in [0.2, 0.25) is 0 Å². The van der Waals surface area contributed by atoms with Crippen molar-refractivity contribution in [2.45, 2.75) is 46.0 Å². The molecule has 1 aromatic rings. The highest BCUT2D eigenvalue weighted by atomic mass is 35.5. The van der Waals surface area contributed by atoms with Crippen molar-refractivity contribution in [3.8, 4) is 5.75 Å². The van der Waals surface area contributed by atoms with Crippen molar-refractivity contribution in [1.29, 1.82) is 0 Å². The van der Waals surface area contributed by atoms with Crippen molar-refractivity contribution in [3.05, 3.63) is 28.8 Å². The second-order valence-corrected chi connectivity index (χ2v) is 6.32. The highest BCUT2D eigenvalue weighted by Crippen LogP contribution is 2.33. The Kier molecular flexibility index (Phi) is 6.89. The van der Waals surface area contributed by atoms with Gasteiger partial charge in [-0.3, -0.25) is 4.79 Å². The van der Waals surface area contributed by atoms with Gasteiger partial charge >= 0.3 is 6.36 Å². The van der Waals surface area contributed by atoms with E-state index in [1.165, 1.54) is 12.1 Å². The van der Waals surface area contributed by atoms with Gasteiger partial charge in [0.25, 0.3) is 0 Å². The Morgan fingerprint density at radius 1 is 1.26 bits per heavy atom. The van der Waals surface area contributed by atoms with Gasteiger partial charge < -0.3 is 10.1 Å². The van der Waals surface area contributed by atoms with Gasteiger partial charge in [-0.1, -0.05) is 45.4 Å². The number of carbonyl (C=O) groups is 1. The Balaban J connectivity index is 3.14. The number of halogens is 4. The molecule has 0 saturated heterocycles. The molecule has 0 aliphatic carbocycles. The minimum atomic E-state index is -4.84. The van der Waals surface area contributed by atoms with Crippen LogP contribution in [0.2, 0.25) is 5.02 Å². The van der Waals surface area contributed by atoms with Crippen molar-refractivity contribution in [1.82, 2.24) is 5.32 Å². The Hall–Kier alpha value is -1.27. The van der Waals surface area contributed by atoms with Gasteiger partial charge in [0, 0.05) is 18.5 Å².